The number of nitrogens with zero attached hydrogens (tertiary/aromatic N) is 1. The SMILES string of the molecule is Cc1cccc([C@H](N2CCNCC2)C(C)(C)C)c1O. The van der Waals surface area contributed by atoms with E-state index in [0.717, 1.165) is 37.3 Å². The molecule has 0 aromatic heterocycles. The molecule has 1 heterocycles. The van der Waals surface area contributed by atoms with Gasteiger partial charge in [0, 0.05) is 37.8 Å². The molecule has 0 radical (unpaired) electrons. The summed E-state index contributed by atoms with van der Waals surface area (Å²) in [5.41, 5.74) is 2.12. The van der Waals surface area contributed by atoms with Gasteiger partial charge in [0.05, 0.1) is 0 Å². The van der Waals surface area contributed by atoms with Gasteiger partial charge < -0.3 is 10.4 Å². The summed E-state index contributed by atoms with van der Waals surface area (Å²) in [4.78, 5) is 2.49. The molecule has 1 fully saturated rings. The summed E-state index contributed by atoms with van der Waals surface area (Å²) in [5.74, 6) is 0.459. The van der Waals surface area contributed by atoms with Crippen molar-refractivity contribution in [1.29, 1.82) is 0 Å². The van der Waals surface area contributed by atoms with E-state index in [1.54, 1.807) is 0 Å². The molecule has 1 aliphatic heterocycles. The Morgan fingerprint density at radius 2 is 1.84 bits per heavy atom. The van der Waals surface area contributed by atoms with Crippen LogP contribution < -0.4 is 5.32 Å². The Labute approximate surface area is 116 Å². The lowest BCUT2D eigenvalue weighted by atomic mass is 9.80. The quantitative estimate of drug-likeness (QED) is 0.860. The van der Waals surface area contributed by atoms with Gasteiger partial charge in [0.25, 0.3) is 0 Å². The predicted molar refractivity (Wildman–Crippen MR) is 79.5 cm³/mol. The first-order chi connectivity index (χ1) is 8.91. The maximum absolute atomic E-state index is 10.4. The number of para-hydroxylation sites is 1. The molecule has 0 saturated carbocycles. The number of benzene rings is 1. The van der Waals surface area contributed by atoms with Crippen LogP contribution in [-0.4, -0.2) is 36.2 Å². The number of hydrogen-bond acceptors (Lipinski definition) is 3. The fraction of sp³-hybridized carbons (Fsp3) is 0.625. The fourth-order valence-electron chi connectivity index (χ4n) is 3.05. The summed E-state index contributed by atoms with van der Waals surface area (Å²) in [6.07, 6.45) is 0. The maximum atomic E-state index is 10.4. The first kappa shape index (κ1) is 14.4. The summed E-state index contributed by atoms with van der Waals surface area (Å²) in [7, 11) is 0. The summed E-state index contributed by atoms with van der Waals surface area (Å²) in [5, 5.41) is 13.8. The van der Waals surface area contributed by atoms with Crippen LogP contribution in [0.2, 0.25) is 0 Å². The van der Waals surface area contributed by atoms with Crippen molar-refractivity contribution >= 4 is 0 Å². The highest BCUT2D eigenvalue weighted by Gasteiger charge is 2.34. The van der Waals surface area contributed by atoms with Crippen LogP contribution in [0.3, 0.4) is 0 Å². The molecule has 0 amide bonds. The van der Waals surface area contributed by atoms with Gasteiger partial charge >= 0.3 is 0 Å². The Morgan fingerprint density at radius 3 is 2.42 bits per heavy atom. The van der Waals surface area contributed by atoms with Crippen molar-refractivity contribution in [3.05, 3.63) is 29.3 Å². The minimum atomic E-state index is 0.0998. The highest BCUT2D eigenvalue weighted by molar-refractivity contribution is 5.42. The summed E-state index contributed by atoms with van der Waals surface area (Å²) >= 11 is 0. The molecule has 2 rings (SSSR count). The van der Waals surface area contributed by atoms with E-state index < -0.39 is 0 Å². The van der Waals surface area contributed by atoms with Crippen molar-refractivity contribution in [3.8, 4) is 5.75 Å². The first-order valence-corrected chi connectivity index (χ1v) is 7.14. The first-order valence-electron chi connectivity index (χ1n) is 7.14. The van der Waals surface area contributed by atoms with Crippen LogP contribution in [0.25, 0.3) is 0 Å². The molecule has 106 valence electrons. The molecule has 3 nitrogen and oxygen atoms in total. The topological polar surface area (TPSA) is 35.5 Å². The molecule has 19 heavy (non-hydrogen) atoms. The van der Waals surface area contributed by atoms with Crippen molar-refractivity contribution < 1.29 is 5.11 Å². The minimum absolute atomic E-state index is 0.0998. The van der Waals surface area contributed by atoms with Crippen LogP contribution in [-0.2, 0) is 0 Å². The second-order valence-electron chi connectivity index (χ2n) is 6.57. The van der Waals surface area contributed by atoms with Gasteiger partial charge in [-0.1, -0.05) is 39.0 Å². The Hall–Kier alpha value is -1.06. The lowest BCUT2D eigenvalue weighted by molar-refractivity contribution is 0.0842. The number of phenolic OH excluding ortho intramolecular Hbond substituents is 1. The van der Waals surface area contributed by atoms with Crippen LogP contribution in [0.5, 0.6) is 5.75 Å². The molecule has 3 heteroatoms. The van der Waals surface area contributed by atoms with E-state index >= 15 is 0 Å². The third-order valence-electron chi connectivity index (χ3n) is 3.90. The summed E-state index contributed by atoms with van der Waals surface area (Å²) < 4.78 is 0. The number of hydrogen-bond donors (Lipinski definition) is 2. The highest BCUT2D eigenvalue weighted by Crippen LogP contribution is 2.42. The summed E-state index contributed by atoms with van der Waals surface area (Å²) in [6, 6.07) is 6.34. The Kier molecular flexibility index (Phi) is 4.16. The minimum Gasteiger partial charge on any atom is -0.507 e. The smallest absolute Gasteiger partial charge is 0.123 e. The monoisotopic (exact) mass is 262 g/mol. The Balaban J connectivity index is 2.40. The normalized spacial score (nSPS) is 19.4. The number of rotatable bonds is 2. The third kappa shape index (κ3) is 3.10. The molecular weight excluding hydrogens is 236 g/mol. The molecule has 1 aromatic rings. The van der Waals surface area contributed by atoms with Gasteiger partial charge in [0.2, 0.25) is 0 Å². The number of phenols is 1. The van der Waals surface area contributed by atoms with Crippen molar-refractivity contribution in [2.45, 2.75) is 33.7 Å². The van der Waals surface area contributed by atoms with Gasteiger partial charge in [-0.25, -0.2) is 0 Å². The van der Waals surface area contributed by atoms with Gasteiger partial charge in [0.1, 0.15) is 5.75 Å². The van der Waals surface area contributed by atoms with Crippen LogP contribution in [0.1, 0.15) is 37.9 Å². The molecule has 0 unspecified atom stereocenters. The molecule has 1 aliphatic rings. The molecule has 2 N–H and O–H groups in total. The molecule has 0 aliphatic carbocycles. The molecular formula is C16H26N2O. The average molecular weight is 262 g/mol. The zero-order valence-corrected chi connectivity index (χ0v) is 12.5. The second kappa shape index (κ2) is 5.51. The van der Waals surface area contributed by atoms with Gasteiger partial charge in [-0.2, -0.15) is 0 Å². The summed E-state index contributed by atoms with van der Waals surface area (Å²) in [6.45, 7) is 12.9. The molecule has 1 saturated heterocycles. The number of aromatic hydroxyl groups is 1. The number of aryl methyl sites for hydroxylation is 1. The largest absolute Gasteiger partial charge is 0.507 e. The zero-order chi connectivity index (χ0) is 14.0. The molecule has 1 aromatic carbocycles. The van der Waals surface area contributed by atoms with E-state index in [1.165, 1.54) is 0 Å². The van der Waals surface area contributed by atoms with Crippen molar-refractivity contribution in [3.63, 3.8) is 0 Å². The lowest BCUT2D eigenvalue weighted by Crippen LogP contribution is -2.48. The van der Waals surface area contributed by atoms with Gasteiger partial charge in [-0.3, -0.25) is 4.90 Å². The standard InChI is InChI=1S/C16H26N2O/c1-12-6-5-7-13(14(12)19)15(16(2,3)4)18-10-8-17-9-11-18/h5-7,15,17,19H,8-11H2,1-4H3/t15-/m0/s1. The maximum Gasteiger partial charge on any atom is 0.123 e. The third-order valence-corrected chi connectivity index (χ3v) is 3.90. The average Bonchev–Trinajstić information content (AvgIpc) is 2.35. The Morgan fingerprint density at radius 1 is 1.21 bits per heavy atom. The van der Waals surface area contributed by atoms with Gasteiger partial charge in [-0.15, -0.1) is 0 Å². The molecule has 0 bridgehead atoms. The van der Waals surface area contributed by atoms with Crippen LogP contribution in [0, 0.1) is 12.3 Å². The van der Waals surface area contributed by atoms with E-state index in [2.05, 4.69) is 37.1 Å². The number of nitrogens with one attached hydrogen (secondary N) is 1. The van der Waals surface area contributed by atoms with Gasteiger partial charge in [-0.05, 0) is 17.9 Å². The molecule has 0 spiro atoms. The number of piperazine rings is 1. The molecule has 1 atom stereocenters. The predicted octanol–water partition coefficient (Wildman–Crippen LogP) is 2.69. The Bertz CT molecular complexity index is 431. The highest BCUT2D eigenvalue weighted by atomic mass is 16.3. The van der Waals surface area contributed by atoms with Gasteiger partial charge in [0.15, 0.2) is 0 Å². The van der Waals surface area contributed by atoms with E-state index in [-0.39, 0.29) is 11.5 Å². The van der Waals surface area contributed by atoms with E-state index in [4.69, 9.17) is 0 Å². The van der Waals surface area contributed by atoms with Crippen LogP contribution in [0.15, 0.2) is 18.2 Å². The zero-order valence-electron chi connectivity index (χ0n) is 12.5. The van der Waals surface area contributed by atoms with E-state index in [0.29, 0.717) is 5.75 Å². The second-order valence-corrected chi connectivity index (χ2v) is 6.57. The van der Waals surface area contributed by atoms with Crippen LogP contribution >= 0.6 is 0 Å². The van der Waals surface area contributed by atoms with Crippen molar-refractivity contribution in [1.82, 2.24) is 10.2 Å². The van der Waals surface area contributed by atoms with E-state index in [1.807, 2.05) is 19.1 Å². The fourth-order valence-corrected chi connectivity index (χ4v) is 3.05. The van der Waals surface area contributed by atoms with E-state index in [9.17, 15) is 5.11 Å². The lowest BCUT2D eigenvalue weighted by Gasteiger charge is -2.43. The van der Waals surface area contributed by atoms with Crippen molar-refractivity contribution in [2.24, 2.45) is 5.41 Å². The van der Waals surface area contributed by atoms with Crippen molar-refractivity contribution in [2.75, 3.05) is 26.2 Å². The van der Waals surface area contributed by atoms with Crippen LogP contribution in [0.4, 0.5) is 0 Å².